The average molecular weight is 175 g/mol. The first-order valence-electron chi connectivity index (χ1n) is 3.18. The van der Waals surface area contributed by atoms with E-state index >= 15 is 0 Å². The second-order valence-electron chi connectivity index (χ2n) is 1.90. The van der Waals surface area contributed by atoms with Crippen LogP contribution in [0.15, 0.2) is 18.2 Å². The summed E-state index contributed by atoms with van der Waals surface area (Å²) in [7, 11) is 1.40. The lowest BCUT2D eigenvalue weighted by Crippen LogP contribution is -2.03. The molecule has 0 N–H and O–H groups in total. The van der Waals surface area contributed by atoms with E-state index < -0.39 is 6.61 Å². The van der Waals surface area contributed by atoms with Crippen LogP contribution < -0.4 is 9.47 Å². The van der Waals surface area contributed by atoms with E-state index in [1.165, 1.54) is 19.2 Å². The van der Waals surface area contributed by atoms with E-state index in [9.17, 15) is 8.78 Å². The molecule has 0 saturated carbocycles. The summed E-state index contributed by atoms with van der Waals surface area (Å²) in [6.07, 6.45) is 0. The third kappa shape index (κ3) is 2.34. The van der Waals surface area contributed by atoms with Gasteiger partial charge in [0.1, 0.15) is 0 Å². The number of halogens is 2. The maximum atomic E-state index is 11.7. The van der Waals surface area contributed by atoms with Crippen molar-refractivity contribution in [2.45, 2.75) is 6.61 Å². The number of nitrogens with zero attached hydrogens (tertiary/aromatic N) is 1. The molecule has 0 unspecified atom stereocenters. The molecule has 0 amide bonds. The van der Waals surface area contributed by atoms with Crippen LogP contribution in [0.1, 0.15) is 0 Å². The minimum Gasteiger partial charge on any atom is -0.481 e. The number of alkyl halides is 2. The maximum absolute atomic E-state index is 11.7. The van der Waals surface area contributed by atoms with Crippen LogP contribution in [0.2, 0.25) is 0 Å². The van der Waals surface area contributed by atoms with Gasteiger partial charge in [-0.2, -0.15) is 13.8 Å². The van der Waals surface area contributed by atoms with Crippen LogP contribution in [-0.4, -0.2) is 18.7 Å². The van der Waals surface area contributed by atoms with E-state index in [-0.39, 0.29) is 11.8 Å². The number of hydrogen-bond acceptors (Lipinski definition) is 3. The van der Waals surface area contributed by atoms with Gasteiger partial charge in [-0.25, -0.2) is 0 Å². The molecule has 1 aromatic rings. The molecular formula is C7H7F2NO2. The van der Waals surface area contributed by atoms with Gasteiger partial charge < -0.3 is 9.47 Å². The Labute approximate surface area is 67.9 Å². The van der Waals surface area contributed by atoms with Gasteiger partial charge in [0.2, 0.25) is 11.8 Å². The Bertz CT molecular complexity index is 255. The van der Waals surface area contributed by atoms with E-state index in [0.717, 1.165) is 0 Å². The largest absolute Gasteiger partial charge is 0.481 e. The number of ether oxygens (including phenoxy) is 2. The normalized spacial score (nSPS) is 10.0. The topological polar surface area (TPSA) is 31.4 Å². The van der Waals surface area contributed by atoms with Gasteiger partial charge in [0, 0.05) is 12.1 Å². The lowest BCUT2D eigenvalue weighted by Gasteiger charge is -2.03. The lowest BCUT2D eigenvalue weighted by molar-refractivity contribution is -0.0530. The van der Waals surface area contributed by atoms with Crippen molar-refractivity contribution < 1.29 is 18.3 Å². The van der Waals surface area contributed by atoms with Crippen molar-refractivity contribution in [3.63, 3.8) is 0 Å². The third-order valence-corrected chi connectivity index (χ3v) is 1.12. The van der Waals surface area contributed by atoms with Crippen molar-refractivity contribution in [3.05, 3.63) is 18.2 Å². The molecule has 0 bridgehead atoms. The molecule has 1 aromatic heterocycles. The van der Waals surface area contributed by atoms with Crippen LogP contribution in [0.4, 0.5) is 8.78 Å². The highest BCUT2D eigenvalue weighted by Crippen LogP contribution is 2.14. The number of rotatable bonds is 3. The first kappa shape index (κ1) is 8.70. The van der Waals surface area contributed by atoms with Gasteiger partial charge in [0.15, 0.2) is 0 Å². The first-order valence-corrected chi connectivity index (χ1v) is 3.18. The second-order valence-corrected chi connectivity index (χ2v) is 1.90. The average Bonchev–Trinajstić information content (AvgIpc) is 2.03. The van der Waals surface area contributed by atoms with Gasteiger partial charge in [-0.1, -0.05) is 6.07 Å². The molecule has 0 aromatic carbocycles. The maximum Gasteiger partial charge on any atom is 0.388 e. The van der Waals surface area contributed by atoms with E-state index in [1.54, 1.807) is 6.07 Å². The van der Waals surface area contributed by atoms with Crippen molar-refractivity contribution in [3.8, 4) is 11.8 Å². The molecule has 12 heavy (non-hydrogen) atoms. The van der Waals surface area contributed by atoms with Crippen molar-refractivity contribution in [1.82, 2.24) is 4.98 Å². The first-order chi connectivity index (χ1) is 5.72. The van der Waals surface area contributed by atoms with Gasteiger partial charge in [-0.05, 0) is 0 Å². The summed E-state index contributed by atoms with van der Waals surface area (Å²) in [5.41, 5.74) is 0. The van der Waals surface area contributed by atoms with Crippen LogP contribution in [0.25, 0.3) is 0 Å². The minimum absolute atomic E-state index is 0.149. The zero-order chi connectivity index (χ0) is 8.97. The van der Waals surface area contributed by atoms with E-state index in [1.807, 2.05) is 0 Å². The Hall–Kier alpha value is -1.39. The van der Waals surface area contributed by atoms with Gasteiger partial charge in [0.05, 0.1) is 7.11 Å². The monoisotopic (exact) mass is 175 g/mol. The number of hydrogen-bond donors (Lipinski definition) is 0. The molecule has 66 valence electrons. The molecule has 5 heteroatoms. The van der Waals surface area contributed by atoms with Crippen molar-refractivity contribution in [2.24, 2.45) is 0 Å². The fraction of sp³-hybridized carbons (Fsp3) is 0.286. The van der Waals surface area contributed by atoms with Gasteiger partial charge in [-0.3, -0.25) is 0 Å². The molecule has 1 heterocycles. The standard InChI is InChI=1S/C7H7F2NO2/c1-11-5-3-2-4-6(10-5)12-7(8)9/h2-4,7H,1H3. The molecule has 0 atom stereocenters. The van der Waals surface area contributed by atoms with Gasteiger partial charge in [0.25, 0.3) is 0 Å². The highest BCUT2D eigenvalue weighted by Gasteiger charge is 2.05. The molecule has 1 rings (SSSR count). The molecule has 0 spiro atoms. The molecular weight excluding hydrogens is 168 g/mol. The van der Waals surface area contributed by atoms with E-state index in [2.05, 4.69) is 9.72 Å². The van der Waals surface area contributed by atoms with Crippen molar-refractivity contribution >= 4 is 0 Å². The van der Waals surface area contributed by atoms with Crippen molar-refractivity contribution in [1.29, 1.82) is 0 Å². The molecule has 0 aliphatic carbocycles. The summed E-state index contributed by atoms with van der Waals surface area (Å²) < 4.78 is 32.0. The van der Waals surface area contributed by atoms with Crippen molar-refractivity contribution in [2.75, 3.05) is 7.11 Å². The molecule has 0 aliphatic rings. The fourth-order valence-corrected chi connectivity index (χ4v) is 0.666. The summed E-state index contributed by atoms with van der Waals surface area (Å²) in [5.74, 6) is 0.0949. The van der Waals surface area contributed by atoms with Crippen LogP contribution >= 0.6 is 0 Å². The Morgan fingerprint density at radius 2 is 2.00 bits per heavy atom. The Balaban J connectivity index is 2.72. The molecule has 3 nitrogen and oxygen atoms in total. The fourth-order valence-electron chi connectivity index (χ4n) is 0.666. The van der Waals surface area contributed by atoms with Crippen LogP contribution in [0.3, 0.4) is 0 Å². The Morgan fingerprint density at radius 1 is 1.33 bits per heavy atom. The van der Waals surface area contributed by atoms with Crippen LogP contribution in [0, 0.1) is 0 Å². The number of aromatic nitrogens is 1. The Morgan fingerprint density at radius 3 is 2.58 bits per heavy atom. The zero-order valence-corrected chi connectivity index (χ0v) is 6.33. The highest BCUT2D eigenvalue weighted by molar-refractivity contribution is 5.19. The smallest absolute Gasteiger partial charge is 0.388 e. The Kier molecular flexibility index (Phi) is 2.79. The van der Waals surface area contributed by atoms with Gasteiger partial charge >= 0.3 is 6.61 Å². The summed E-state index contributed by atoms with van der Waals surface area (Å²) in [4.78, 5) is 3.61. The predicted octanol–water partition coefficient (Wildman–Crippen LogP) is 1.69. The van der Waals surface area contributed by atoms with Gasteiger partial charge in [-0.15, -0.1) is 0 Å². The minimum atomic E-state index is -2.86. The summed E-state index contributed by atoms with van der Waals surface area (Å²) in [5, 5.41) is 0. The van der Waals surface area contributed by atoms with Crippen LogP contribution in [-0.2, 0) is 0 Å². The number of methoxy groups -OCH3 is 1. The predicted molar refractivity (Wildman–Crippen MR) is 37.4 cm³/mol. The summed E-state index contributed by atoms with van der Waals surface area (Å²) in [6, 6.07) is 4.39. The zero-order valence-electron chi connectivity index (χ0n) is 6.33. The second kappa shape index (κ2) is 3.85. The SMILES string of the molecule is COc1cccc(OC(F)F)n1. The van der Waals surface area contributed by atoms with E-state index in [4.69, 9.17) is 4.74 Å². The summed E-state index contributed by atoms with van der Waals surface area (Å²) in [6.45, 7) is -2.86. The highest BCUT2D eigenvalue weighted by atomic mass is 19.3. The molecule has 0 fully saturated rings. The number of pyridine rings is 1. The third-order valence-electron chi connectivity index (χ3n) is 1.12. The van der Waals surface area contributed by atoms with Crippen LogP contribution in [0.5, 0.6) is 11.8 Å². The van der Waals surface area contributed by atoms with E-state index in [0.29, 0.717) is 0 Å². The molecule has 0 radical (unpaired) electrons. The summed E-state index contributed by atoms with van der Waals surface area (Å²) >= 11 is 0. The molecule has 0 saturated heterocycles. The quantitative estimate of drug-likeness (QED) is 0.700. The lowest BCUT2D eigenvalue weighted by atomic mass is 10.5. The molecule has 0 aliphatic heterocycles.